The van der Waals surface area contributed by atoms with Gasteiger partial charge in [0.1, 0.15) is 5.92 Å². The summed E-state index contributed by atoms with van der Waals surface area (Å²) < 4.78 is 11.3. The lowest BCUT2D eigenvalue weighted by molar-refractivity contribution is -0.249. The van der Waals surface area contributed by atoms with Crippen molar-refractivity contribution >= 4 is 14.0 Å². The minimum atomic E-state index is -1.35. The first-order chi connectivity index (χ1) is 8.93. The Morgan fingerprint density at radius 1 is 1.30 bits per heavy atom. The van der Waals surface area contributed by atoms with Crippen LogP contribution in [0.25, 0.3) is 0 Å². The van der Waals surface area contributed by atoms with Gasteiger partial charge in [-0.25, -0.2) is 0 Å². The summed E-state index contributed by atoms with van der Waals surface area (Å²) in [6.07, 6.45) is 1.17. The molecule has 0 aromatic rings. The summed E-state index contributed by atoms with van der Waals surface area (Å²) in [5, 5.41) is 1.25. The largest absolute Gasteiger partial charge is 0.435 e. The summed E-state index contributed by atoms with van der Waals surface area (Å²) >= 11 is 0. The fraction of sp³-hybridized carbons (Fsp3) is 0.750. The number of hydrogen-bond donors (Lipinski definition) is 0. The van der Waals surface area contributed by atoms with E-state index >= 15 is 0 Å². The second kappa shape index (κ2) is 5.88. The van der Waals surface area contributed by atoms with Gasteiger partial charge in [0.2, 0.25) is 6.29 Å². The molecule has 4 heteroatoms. The van der Waals surface area contributed by atoms with Gasteiger partial charge in [0, 0.05) is 5.41 Å². The highest BCUT2D eigenvalue weighted by atomic mass is 28.3. The Labute approximate surface area is 124 Å². The van der Waals surface area contributed by atoms with Crippen LogP contribution < -0.4 is 0 Å². The Morgan fingerprint density at radius 3 is 2.25 bits per heavy atom. The molecule has 0 N–H and O–H groups in total. The number of ether oxygens (including phenoxy) is 2. The zero-order valence-electron chi connectivity index (χ0n) is 14.0. The molecule has 1 fully saturated rings. The predicted octanol–water partition coefficient (Wildman–Crippen LogP) is 3.92. The molecule has 1 saturated heterocycles. The fourth-order valence-electron chi connectivity index (χ4n) is 1.70. The van der Waals surface area contributed by atoms with Crippen LogP contribution in [0.2, 0.25) is 19.6 Å². The van der Waals surface area contributed by atoms with Crippen molar-refractivity contribution < 1.29 is 14.3 Å². The van der Waals surface area contributed by atoms with Gasteiger partial charge in [0.05, 0.1) is 14.2 Å². The average molecular weight is 296 g/mol. The monoisotopic (exact) mass is 296 g/mol. The van der Waals surface area contributed by atoms with Crippen LogP contribution in [0.1, 0.15) is 34.6 Å². The van der Waals surface area contributed by atoms with Crippen molar-refractivity contribution in [3.05, 3.63) is 17.0 Å². The molecule has 20 heavy (non-hydrogen) atoms. The number of cyclic esters (lactones) is 1. The lowest BCUT2D eigenvalue weighted by Crippen LogP contribution is -2.46. The van der Waals surface area contributed by atoms with E-state index in [2.05, 4.69) is 32.3 Å². The molecule has 0 spiro atoms. The van der Waals surface area contributed by atoms with Crippen molar-refractivity contribution in [3.8, 4) is 0 Å². The molecule has 1 heterocycles. The van der Waals surface area contributed by atoms with Crippen molar-refractivity contribution in [1.29, 1.82) is 0 Å². The molecule has 3 nitrogen and oxygen atoms in total. The van der Waals surface area contributed by atoms with Crippen molar-refractivity contribution in [2.75, 3.05) is 0 Å². The van der Waals surface area contributed by atoms with Gasteiger partial charge in [0.15, 0.2) is 0 Å². The Hall–Kier alpha value is -0.833. The third-order valence-electron chi connectivity index (χ3n) is 3.65. The molecule has 3 atom stereocenters. The Bertz CT molecular complexity index is 434. The summed E-state index contributed by atoms with van der Waals surface area (Å²) in [4.78, 5) is 12.2. The molecular formula is C16H28O3Si. The van der Waals surface area contributed by atoms with Crippen LogP contribution in [0.5, 0.6) is 0 Å². The number of carbonyl (C=O) groups excluding carboxylic acids is 1. The number of rotatable bonds is 2. The van der Waals surface area contributed by atoms with Gasteiger partial charge in [-0.1, -0.05) is 40.4 Å². The van der Waals surface area contributed by atoms with Gasteiger partial charge in [-0.15, -0.1) is 5.73 Å². The van der Waals surface area contributed by atoms with Gasteiger partial charge in [-0.05, 0) is 25.1 Å². The normalized spacial score (nSPS) is 27.6. The van der Waals surface area contributed by atoms with Crippen LogP contribution in [0, 0.1) is 11.3 Å². The van der Waals surface area contributed by atoms with E-state index in [1.165, 1.54) is 5.20 Å². The number of carbonyl (C=O) groups is 1. The van der Waals surface area contributed by atoms with Crippen molar-refractivity contribution in [2.24, 2.45) is 11.3 Å². The summed E-state index contributed by atoms with van der Waals surface area (Å²) in [5.74, 6) is -0.570. The van der Waals surface area contributed by atoms with Gasteiger partial charge < -0.3 is 9.47 Å². The first kappa shape index (κ1) is 17.2. The molecule has 0 aromatic heterocycles. The molecule has 1 rings (SSSR count). The van der Waals surface area contributed by atoms with Crippen LogP contribution in [-0.2, 0) is 14.3 Å². The molecule has 1 aliphatic rings. The van der Waals surface area contributed by atoms with E-state index in [1.807, 2.05) is 33.8 Å². The third-order valence-corrected chi connectivity index (χ3v) is 6.05. The minimum Gasteiger partial charge on any atom is -0.435 e. The Kier molecular flexibility index (Phi) is 5.07. The summed E-state index contributed by atoms with van der Waals surface area (Å²) in [6, 6.07) is 0. The second-order valence-electron chi connectivity index (χ2n) is 7.69. The molecule has 0 amide bonds. The zero-order chi connectivity index (χ0) is 15.7. The maximum atomic E-state index is 12.2. The van der Waals surface area contributed by atoms with Crippen LogP contribution in [-0.4, -0.2) is 26.4 Å². The van der Waals surface area contributed by atoms with E-state index in [-0.39, 0.29) is 23.4 Å². The minimum absolute atomic E-state index is 0.178. The lowest BCUT2D eigenvalue weighted by Gasteiger charge is -2.38. The molecule has 114 valence electrons. The van der Waals surface area contributed by atoms with Gasteiger partial charge >= 0.3 is 5.97 Å². The van der Waals surface area contributed by atoms with Crippen LogP contribution in [0.4, 0.5) is 0 Å². The summed E-state index contributed by atoms with van der Waals surface area (Å²) in [6.45, 7) is 16.8. The molecule has 0 radical (unpaired) electrons. The highest BCUT2D eigenvalue weighted by molar-refractivity contribution is 6.82. The highest BCUT2D eigenvalue weighted by Gasteiger charge is 2.40. The predicted molar refractivity (Wildman–Crippen MR) is 84.0 cm³/mol. The maximum Gasteiger partial charge on any atom is 0.318 e. The smallest absolute Gasteiger partial charge is 0.318 e. The van der Waals surface area contributed by atoms with Crippen LogP contribution in [0.3, 0.4) is 0 Å². The first-order valence-electron chi connectivity index (χ1n) is 7.23. The Balaban J connectivity index is 2.91. The molecule has 0 aliphatic carbocycles. The molecule has 0 saturated carbocycles. The average Bonchev–Trinajstić information content (AvgIpc) is 2.24. The number of esters is 1. The van der Waals surface area contributed by atoms with E-state index in [4.69, 9.17) is 9.47 Å². The second-order valence-corrected chi connectivity index (χ2v) is 12.9. The first-order valence-corrected chi connectivity index (χ1v) is 10.7. The van der Waals surface area contributed by atoms with E-state index in [0.717, 1.165) is 0 Å². The Morgan fingerprint density at radius 2 is 1.85 bits per heavy atom. The zero-order valence-corrected chi connectivity index (χ0v) is 15.0. The van der Waals surface area contributed by atoms with E-state index in [9.17, 15) is 4.79 Å². The molecular weight excluding hydrogens is 268 g/mol. The quantitative estimate of drug-likeness (QED) is 0.440. The lowest BCUT2D eigenvalue weighted by atomic mass is 9.93. The van der Waals surface area contributed by atoms with Crippen molar-refractivity contribution in [3.63, 3.8) is 0 Å². The number of hydrogen-bond acceptors (Lipinski definition) is 3. The third kappa shape index (κ3) is 4.34. The molecule has 0 bridgehead atoms. The van der Waals surface area contributed by atoms with E-state index in [0.29, 0.717) is 0 Å². The van der Waals surface area contributed by atoms with Crippen LogP contribution >= 0.6 is 0 Å². The highest BCUT2D eigenvalue weighted by Crippen LogP contribution is 2.31. The molecule has 0 aromatic carbocycles. The summed E-state index contributed by atoms with van der Waals surface area (Å²) in [5.41, 5.74) is 3.07. The topological polar surface area (TPSA) is 35.5 Å². The van der Waals surface area contributed by atoms with Crippen molar-refractivity contribution in [2.45, 2.75) is 66.7 Å². The molecule has 0 unspecified atom stereocenters. The fourth-order valence-corrected chi connectivity index (χ4v) is 2.22. The van der Waals surface area contributed by atoms with Gasteiger partial charge in [0.25, 0.3) is 0 Å². The van der Waals surface area contributed by atoms with E-state index in [1.54, 1.807) is 0 Å². The van der Waals surface area contributed by atoms with Crippen molar-refractivity contribution in [1.82, 2.24) is 0 Å². The summed E-state index contributed by atoms with van der Waals surface area (Å²) in [7, 11) is -1.35. The van der Waals surface area contributed by atoms with E-state index < -0.39 is 14.4 Å². The SMILES string of the molecule is CC(=C=C[C@H]1C(=O)O[C@H](C(C)(C)C)O[C@@H]1C)[Si](C)(C)C. The molecule has 1 aliphatic heterocycles. The van der Waals surface area contributed by atoms with Gasteiger partial charge in [-0.3, -0.25) is 4.79 Å². The van der Waals surface area contributed by atoms with Crippen LogP contribution in [0.15, 0.2) is 17.0 Å². The van der Waals surface area contributed by atoms with Gasteiger partial charge in [-0.2, -0.15) is 0 Å². The maximum absolute atomic E-state index is 12.2. The standard InChI is InChI=1S/C16H28O3Si/c1-11(20(6,7)8)9-10-13-12(2)18-15(16(3,4)5)19-14(13)17/h10,12-13,15H,1-8H3/t9?,12-,13-,15-/m1/s1.